The van der Waals surface area contributed by atoms with Crippen molar-refractivity contribution in [1.82, 2.24) is 10.2 Å². The van der Waals surface area contributed by atoms with Crippen LogP contribution in [0, 0.1) is 0 Å². The Morgan fingerprint density at radius 1 is 0.897 bits per heavy atom. The summed E-state index contributed by atoms with van der Waals surface area (Å²) in [6, 6.07) is 25.5. The van der Waals surface area contributed by atoms with Gasteiger partial charge in [0, 0.05) is 15.7 Å². The fraction of sp³-hybridized carbons (Fsp3) is 0.0455. The number of carbonyl (C=O) groups excluding carboxylic acids is 1. The maximum absolute atomic E-state index is 12.2. The predicted octanol–water partition coefficient (Wildman–Crippen LogP) is 5.90. The first-order valence-electron chi connectivity index (χ1n) is 8.85. The summed E-state index contributed by atoms with van der Waals surface area (Å²) in [4.78, 5) is 12.2. The Bertz CT molecular complexity index is 1110. The normalized spacial score (nSPS) is 10.7. The molecular formula is C22H16BrN3O2S. The molecule has 0 aliphatic rings. The third kappa shape index (κ3) is 5.13. The van der Waals surface area contributed by atoms with Crippen molar-refractivity contribution in [2.45, 2.75) is 5.22 Å². The van der Waals surface area contributed by atoms with Crippen molar-refractivity contribution in [1.29, 1.82) is 0 Å². The van der Waals surface area contributed by atoms with E-state index < -0.39 is 0 Å². The van der Waals surface area contributed by atoms with Gasteiger partial charge in [0.25, 0.3) is 5.22 Å². The van der Waals surface area contributed by atoms with Gasteiger partial charge < -0.3 is 9.73 Å². The fourth-order valence-electron chi connectivity index (χ4n) is 2.71. The molecule has 3 aromatic carbocycles. The number of nitrogens with one attached hydrogen (secondary N) is 1. The topological polar surface area (TPSA) is 68.0 Å². The van der Waals surface area contributed by atoms with Crippen LogP contribution in [0.1, 0.15) is 0 Å². The molecule has 29 heavy (non-hydrogen) atoms. The van der Waals surface area contributed by atoms with Gasteiger partial charge in [-0.1, -0.05) is 76.2 Å². The molecule has 4 aromatic rings. The molecule has 0 aliphatic heterocycles. The number of rotatable bonds is 6. The summed E-state index contributed by atoms with van der Waals surface area (Å²) in [6.45, 7) is 0. The standard InChI is InChI=1S/C22H16BrN3O2S/c23-18-8-4-7-17(13-18)21-25-26-22(28-21)29-14-20(27)24-19-11-9-16(10-12-19)15-5-2-1-3-6-15/h1-13H,14H2,(H,24,27). The minimum absolute atomic E-state index is 0.135. The average molecular weight is 466 g/mol. The number of anilines is 1. The lowest BCUT2D eigenvalue weighted by molar-refractivity contribution is -0.113. The van der Waals surface area contributed by atoms with Gasteiger partial charge in [0.15, 0.2) is 0 Å². The van der Waals surface area contributed by atoms with Gasteiger partial charge in [-0.25, -0.2) is 0 Å². The molecule has 0 unspecified atom stereocenters. The van der Waals surface area contributed by atoms with Crippen LogP contribution in [0.25, 0.3) is 22.6 Å². The third-order valence-electron chi connectivity index (χ3n) is 4.08. The zero-order valence-electron chi connectivity index (χ0n) is 15.2. The van der Waals surface area contributed by atoms with Crippen molar-refractivity contribution in [3.63, 3.8) is 0 Å². The van der Waals surface area contributed by atoms with Crippen molar-refractivity contribution < 1.29 is 9.21 Å². The van der Waals surface area contributed by atoms with Gasteiger partial charge in [-0.2, -0.15) is 0 Å². The molecule has 4 rings (SSSR count). The van der Waals surface area contributed by atoms with Crippen LogP contribution >= 0.6 is 27.7 Å². The van der Waals surface area contributed by atoms with Crippen LogP contribution in [0.4, 0.5) is 5.69 Å². The minimum Gasteiger partial charge on any atom is -0.411 e. The monoisotopic (exact) mass is 465 g/mol. The predicted molar refractivity (Wildman–Crippen MR) is 119 cm³/mol. The van der Waals surface area contributed by atoms with Crippen LogP contribution in [-0.4, -0.2) is 21.9 Å². The summed E-state index contributed by atoms with van der Waals surface area (Å²) in [7, 11) is 0. The second-order valence-corrected chi connectivity index (χ2v) is 8.01. The molecule has 1 N–H and O–H groups in total. The Morgan fingerprint density at radius 2 is 1.62 bits per heavy atom. The van der Waals surface area contributed by atoms with E-state index in [1.54, 1.807) is 0 Å². The van der Waals surface area contributed by atoms with E-state index in [-0.39, 0.29) is 11.7 Å². The highest BCUT2D eigenvalue weighted by Gasteiger charge is 2.12. The molecule has 0 radical (unpaired) electrons. The minimum atomic E-state index is -0.135. The SMILES string of the molecule is O=C(CSc1nnc(-c2cccc(Br)c2)o1)Nc1ccc(-c2ccccc2)cc1. The highest BCUT2D eigenvalue weighted by molar-refractivity contribution is 9.10. The Labute approximate surface area is 180 Å². The first-order valence-corrected chi connectivity index (χ1v) is 10.6. The number of carbonyl (C=O) groups is 1. The summed E-state index contributed by atoms with van der Waals surface area (Å²) in [6.07, 6.45) is 0. The lowest BCUT2D eigenvalue weighted by Crippen LogP contribution is -2.13. The van der Waals surface area contributed by atoms with Gasteiger partial charge in [0.1, 0.15) is 0 Å². The van der Waals surface area contributed by atoms with E-state index in [0.29, 0.717) is 11.1 Å². The van der Waals surface area contributed by atoms with Gasteiger partial charge in [-0.15, -0.1) is 10.2 Å². The molecule has 0 bridgehead atoms. The summed E-state index contributed by atoms with van der Waals surface area (Å²) < 4.78 is 6.56. The lowest BCUT2D eigenvalue weighted by Gasteiger charge is -2.06. The van der Waals surface area contributed by atoms with E-state index in [2.05, 4.69) is 43.6 Å². The maximum Gasteiger partial charge on any atom is 0.277 e. The molecule has 0 aliphatic carbocycles. The van der Waals surface area contributed by atoms with E-state index in [0.717, 1.165) is 26.9 Å². The molecule has 0 fully saturated rings. The van der Waals surface area contributed by atoms with Gasteiger partial charge >= 0.3 is 0 Å². The van der Waals surface area contributed by atoms with Crippen LogP contribution in [0.2, 0.25) is 0 Å². The highest BCUT2D eigenvalue weighted by atomic mass is 79.9. The molecule has 144 valence electrons. The Morgan fingerprint density at radius 3 is 2.38 bits per heavy atom. The van der Waals surface area contributed by atoms with Gasteiger partial charge in [-0.05, 0) is 41.5 Å². The first-order chi connectivity index (χ1) is 14.2. The van der Waals surface area contributed by atoms with Crippen LogP contribution in [-0.2, 0) is 4.79 Å². The van der Waals surface area contributed by atoms with Gasteiger partial charge in [-0.3, -0.25) is 4.79 Å². The van der Waals surface area contributed by atoms with E-state index in [4.69, 9.17) is 4.42 Å². The van der Waals surface area contributed by atoms with E-state index in [1.165, 1.54) is 11.8 Å². The third-order valence-corrected chi connectivity index (χ3v) is 5.39. The largest absolute Gasteiger partial charge is 0.411 e. The second-order valence-electron chi connectivity index (χ2n) is 6.16. The van der Waals surface area contributed by atoms with Crippen molar-refractivity contribution >= 4 is 39.3 Å². The number of hydrogen-bond donors (Lipinski definition) is 1. The van der Waals surface area contributed by atoms with Crippen molar-refractivity contribution in [2.24, 2.45) is 0 Å². The van der Waals surface area contributed by atoms with Gasteiger partial charge in [0.2, 0.25) is 11.8 Å². The first kappa shape index (κ1) is 19.4. The second kappa shape index (κ2) is 9.07. The smallest absolute Gasteiger partial charge is 0.277 e. The summed E-state index contributed by atoms with van der Waals surface area (Å²) in [5.74, 6) is 0.468. The van der Waals surface area contributed by atoms with E-state index in [1.807, 2.05) is 66.7 Å². The van der Waals surface area contributed by atoms with E-state index >= 15 is 0 Å². The number of amides is 1. The Hall–Kier alpha value is -2.90. The van der Waals surface area contributed by atoms with Crippen LogP contribution in [0.5, 0.6) is 0 Å². The molecule has 0 saturated heterocycles. The average Bonchev–Trinajstić information content (AvgIpc) is 3.23. The van der Waals surface area contributed by atoms with Gasteiger partial charge in [0.05, 0.1) is 5.75 Å². The molecule has 1 amide bonds. The van der Waals surface area contributed by atoms with Crippen LogP contribution in [0.15, 0.2) is 93.0 Å². The van der Waals surface area contributed by atoms with E-state index in [9.17, 15) is 4.79 Å². The fourth-order valence-corrected chi connectivity index (χ4v) is 3.67. The Balaban J connectivity index is 1.32. The number of aromatic nitrogens is 2. The maximum atomic E-state index is 12.2. The number of thioether (sulfide) groups is 1. The molecule has 7 heteroatoms. The summed E-state index contributed by atoms with van der Waals surface area (Å²) >= 11 is 4.62. The zero-order valence-corrected chi connectivity index (χ0v) is 17.6. The number of nitrogens with zero attached hydrogens (tertiary/aromatic N) is 2. The molecular weight excluding hydrogens is 450 g/mol. The summed E-state index contributed by atoms with van der Waals surface area (Å²) in [5.41, 5.74) is 3.81. The van der Waals surface area contributed by atoms with Crippen molar-refractivity contribution in [2.75, 3.05) is 11.1 Å². The molecule has 1 heterocycles. The zero-order chi connectivity index (χ0) is 20.1. The molecule has 0 spiro atoms. The molecule has 0 atom stereocenters. The number of halogens is 1. The number of benzene rings is 3. The Kier molecular flexibility index (Phi) is 6.07. The van der Waals surface area contributed by atoms with Crippen molar-refractivity contribution in [3.05, 3.63) is 83.3 Å². The molecule has 5 nitrogen and oxygen atoms in total. The highest BCUT2D eigenvalue weighted by Crippen LogP contribution is 2.25. The summed E-state index contributed by atoms with van der Waals surface area (Å²) in [5, 5.41) is 11.3. The molecule has 0 saturated carbocycles. The van der Waals surface area contributed by atoms with Crippen molar-refractivity contribution in [3.8, 4) is 22.6 Å². The number of hydrogen-bond acceptors (Lipinski definition) is 5. The quantitative estimate of drug-likeness (QED) is 0.359. The van der Waals surface area contributed by atoms with Crippen LogP contribution < -0.4 is 5.32 Å². The molecule has 1 aromatic heterocycles. The van der Waals surface area contributed by atoms with Crippen LogP contribution in [0.3, 0.4) is 0 Å². The lowest BCUT2D eigenvalue weighted by atomic mass is 10.1.